The number of likely N-dealkylation sites (tertiary alicyclic amines) is 1. The van der Waals surface area contributed by atoms with Crippen LogP contribution in [0.15, 0.2) is 78.9 Å². The highest BCUT2D eigenvalue weighted by molar-refractivity contribution is 6.34. The highest BCUT2D eigenvalue weighted by atomic mass is 35.5. The van der Waals surface area contributed by atoms with Gasteiger partial charge in [-0.05, 0) is 55.2 Å². The van der Waals surface area contributed by atoms with Crippen molar-refractivity contribution in [2.45, 2.75) is 19.3 Å². The highest BCUT2D eigenvalue weighted by Gasteiger charge is 2.29. The molecule has 3 amide bonds. The summed E-state index contributed by atoms with van der Waals surface area (Å²) in [7, 11) is 0. The van der Waals surface area contributed by atoms with E-state index in [1.165, 1.54) is 5.56 Å². The van der Waals surface area contributed by atoms with Gasteiger partial charge in [-0.3, -0.25) is 14.4 Å². The molecule has 0 spiro atoms. The molecule has 0 bridgehead atoms. The second-order valence-corrected chi connectivity index (χ2v) is 9.04. The number of carbonyl (C=O) groups is 3. The molecule has 1 saturated heterocycles. The van der Waals surface area contributed by atoms with E-state index in [4.69, 9.17) is 11.6 Å². The van der Waals surface area contributed by atoms with E-state index in [0.717, 1.165) is 19.3 Å². The minimum Gasteiger partial charge on any atom is -0.355 e. The molecule has 1 aliphatic rings. The number of piperidine rings is 1. The molecule has 1 fully saturated rings. The van der Waals surface area contributed by atoms with Gasteiger partial charge in [0.2, 0.25) is 5.91 Å². The lowest BCUT2D eigenvalue weighted by molar-refractivity contribution is -0.126. The van der Waals surface area contributed by atoms with Crippen LogP contribution < -0.4 is 10.6 Å². The maximum Gasteiger partial charge on any atom is 0.257 e. The van der Waals surface area contributed by atoms with Crippen LogP contribution in [-0.2, 0) is 11.2 Å². The van der Waals surface area contributed by atoms with Gasteiger partial charge in [0, 0.05) is 30.9 Å². The van der Waals surface area contributed by atoms with Crippen LogP contribution in [0.2, 0.25) is 5.02 Å². The molecule has 1 heterocycles. The van der Waals surface area contributed by atoms with Gasteiger partial charge in [-0.2, -0.15) is 0 Å². The molecule has 2 N–H and O–H groups in total. The number of halogens is 1. The second-order valence-electron chi connectivity index (χ2n) is 8.63. The summed E-state index contributed by atoms with van der Waals surface area (Å²) >= 11 is 6.12. The molecule has 35 heavy (non-hydrogen) atoms. The summed E-state index contributed by atoms with van der Waals surface area (Å²) < 4.78 is 0. The molecule has 1 aliphatic heterocycles. The van der Waals surface area contributed by atoms with Crippen LogP contribution in [0.25, 0.3) is 0 Å². The molecule has 1 atom stereocenters. The quantitative estimate of drug-likeness (QED) is 0.500. The number of carbonyl (C=O) groups excluding carboxylic acids is 3. The van der Waals surface area contributed by atoms with E-state index >= 15 is 0 Å². The van der Waals surface area contributed by atoms with Crippen molar-refractivity contribution in [2.75, 3.05) is 25.0 Å². The Kier molecular flexibility index (Phi) is 8.16. The lowest BCUT2D eigenvalue weighted by Gasteiger charge is -2.32. The van der Waals surface area contributed by atoms with Crippen LogP contribution >= 0.6 is 11.6 Å². The van der Waals surface area contributed by atoms with E-state index in [9.17, 15) is 14.4 Å². The van der Waals surface area contributed by atoms with Gasteiger partial charge in [0.15, 0.2) is 0 Å². The Hall–Kier alpha value is -3.64. The van der Waals surface area contributed by atoms with Crippen molar-refractivity contribution in [1.29, 1.82) is 0 Å². The average molecular weight is 490 g/mol. The zero-order valence-corrected chi connectivity index (χ0v) is 20.1. The molecule has 0 radical (unpaired) electrons. The van der Waals surface area contributed by atoms with E-state index in [0.29, 0.717) is 41.5 Å². The van der Waals surface area contributed by atoms with Crippen molar-refractivity contribution in [1.82, 2.24) is 10.2 Å². The number of amides is 3. The van der Waals surface area contributed by atoms with Crippen molar-refractivity contribution in [3.8, 4) is 0 Å². The van der Waals surface area contributed by atoms with Crippen molar-refractivity contribution in [3.63, 3.8) is 0 Å². The zero-order chi connectivity index (χ0) is 24.6. The summed E-state index contributed by atoms with van der Waals surface area (Å²) in [6, 6.07) is 23.6. The van der Waals surface area contributed by atoms with Crippen LogP contribution in [0.4, 0.5) is 5.69 Å². The Bertz CT molecular complexity index is 1200. The third-order valence-corrected chi connectivity index (χ3v) is 6.45. The molecule has 0 saturated carbocycles. The summed E-state index contributed by atoms with van der Waals surface area (Å²) in [6.07, 6.45) is 2.30. The van der Waals surface area contributed by atoms with Gasteiger partial charge in [0.25, 0.3) is 11.8 Å². The fourth-order valence-corrected chi connectivity index (χ4v) is 4.47. The third-order valence-electron chi connectivity index (χ3n) is 6.12. The Morgan fingerprint density at radius 1 is 0.943 bits per heavy atom. The molecular weight excluding hydrogens is 462 g/mol. The fourth-order valence-electron chi connectivity index (χ4n) is 4.25. The van der Waals surface area contributed by atoms with Crippen molar-refractivity contribution in [2.24, 2.45) is 5.92 Å². The second kappa shape index (κ2) is 11.7. The number of benzene rings is 3. The first-order valence-corrected chi connectivity index (χ1v) is 12.2. The van der Waals surface area contributed by atoms with Gasteiger partial charge >= 0.3 is 0 Å². The molecule has 0 unspecified atom stereocenters. The molecule has 3 aromatic rings. The monoisotopic (exact) mass is 489 g/mol. The summed E-state index contributed by atoms with van der Waals surface area (Å²) in [6.45, 7) is 1.55. The van der Waals surface area contributed by atoms with Crippen molar-refractivity contribution >= 4 is 35.0 Å². The van der Waals surface area contributed by atoms with Gasteiger partial charge in [0.1, 0.15) is 0 Å². The molecule has 0 aromatic heterocycles. The van der Waals surface area contributed by atoms with Crippen LogP contribution in [0.1, 0.15) is 39.1 Å². The van der Waals surface area contributed by atoms with Gasteiger partial charge in [0.05, 0.1) is 16.5 Å². The van der Waals surface area contributed by atoms with E-state index < -0.39 is 0 Å². The Labute approximate surface area is 210 Å². The number of hydrogen-bond donors (Lipinski definition) is 2. The van der Waals surface area contributed by atoms with E-state index in [2.05, 4.69) is 10.6 Å². The molecule has 6 nitrogen and oxygen atoms in total. The number of rotatable bonds is 7. The van der Waals surface area contributed by atoms with E-state index in [1.54, 1.807) is 53.4 Å². The standard InChI is InChI=1S/C28H28ClN3O3/c29-25-14-5-4-13-24(25)27(34)31-23-12-6-10-21(18-23)28(35)32-17-7-11-22(19-32)26(33)30-16-15-20-8-2-1-3-9-20/h1-6,8-10,12-14,18,22H,7,11,15-17,19H2,(H,30,33)(H,31,34)/t22-/m0/s1. The predicted octanol–water partition coefficient (Wildman–Crippen LogP) is 4.80. The first-order valence-electron chi connectivity index (χ1n) is 11.8. The van der Waals surface area contributed by atoms with Gasteiger partial charge < -0.3 is 15.5 Å². The Morgan fingerprint density at radius 2 is 1.71 bits per heavy atom. The van der Waals surface area contributed by atoms with E-state index in [-0.39, 0.29) is 23.6 Å². The van der Waals surface area contributed by atoms with Gasteiger partial charge in [-0.1, -0.05) is 60.1 Å². The maximum atomic E-state index is 13.2. The molecule has 180 valence electrons. The lowest BCUT2D eigenvalue weighted by atomic mass is 9.96. The highest BCUT2D eigenvalue weighted by Crippen LogP contribution is 2.22. The Morgan fingerprint density at radius 3 is 2.51 bits per heavy atom. The number of hydrogen-bond acceptors (Lipinski definition) is 3. The number of nitrogens with one attached hydrogen (secondary N) is 2. The summed E-state index contributed by atoms with van der Waals surface area (Å²) in [4.78, 5) is 40.2. The fraction of sp³-hybridized carbons (Fsp3) is 0.250. The number of nitrogens with zero attached hydrogens (tertiary/aromatic N) is 1. The minimum atomic E-state index is -0.342. The van der Waals surface area contributed by atoms with Crippen LogP contribution in [0, 0.1) is 5.92 Å². The summed E-state index contributed by atoms with van der Waals surface area (Å²) in [5, 5.41) is 6.18. The predicted molar refractivity (Wildman–Crippen MR) is 138 cm³/mol. The molecule has 4 rings (SSSR count). The van der Waals surface area contributed by atoms with Crippen LogP contribution in [-0.4, -0.2) is 42.3 Å². The maximum absolute atomic E-state index is 13.2. The van der Waals surface area contributed by atoms with Crippen molar-refractivity contribution in [3.05, 3.63) is 101 Å². The molecule has 7 heteroatoms. The largest absolute Gasteiger partial charge is 0.355 e. The average Bonchev–Trinajstić information content (AvgIpc) is 2.89. The topological polar surface area (TPSA) is 78.5 Å². The zero-order valence-electron chi connectivity index (χ0n) is 19.4. The summed E-state index contributed by atoms with van der Waals surface area (Å²) in [5.74, 6) is -0.739. The van der Waals surface area contributed by atoms with E-state index in [1.807, 2.05) is 30.3 Å². The first-order chi connectivity index (χ1) is 17.0. The van der Waals surface area contributed by atoms with Crippen molar-refractivity contribution < 1.29 is 14.4 Å². The normalized spacial score (nSPS) is 15.3. The van der Waals surface area contributed by atoms with Crippen LogP contribution in [0.5, 0.6) is 0 Å². The number of anilines is 1. The summed E-state index contributed by atoms with van der Waals surface area (Å²) in [5.41, 5.74) is 2.51. The molecule has 3 aromatic carbocycles. The lowest BCUT2D eigenvalue weighted by Crippen LogP contribution is -2.45. The smallest absolute Gasteiger partial charge is 0.257 e. The van der Waals surface area contributed by atoms with Crippen LogP contribution in [0.3, 0.4) is 0 Å². The third kappa shape index (κ3) is 6.49. The first kappa shape index (κ1) is 24.5. The minimum absolute atomic E-state index is 0.0146. The molecular formula is C28H28ClN3O3. The molecule has 0 aliphatic carbocycles. The SMILES string of the molecule is O=C(Nc1cccc(C(=O)N2CCC[C@H](C(=O)NCCc3ccccc3)C2)c1)c1ccccc1Cl. The van der Waals surface area contributed by atoms with Gasteiger partial charge in [-0.25, -0.2) is 0 Å². The van der Waals surface area contributed by atoms with Gasteiger partial charge in [-0.15, -0.1) is 0 Å². The Balaban J connectivity index is 1.34.